The van der Waals surface area contributed by atoms with Gasteiger partial charge in [0.25, 0.3) is 0 Å². The number of ether oxygens (including phenoxy) is 1. The number of nitrogens with two attached hydrogens (primary N) is 1. The van der Waals surface area contributed by atoms with Gasteiger partial charge in [0.1, 0.15) is 17.3 Å². The standard InChI is InChI=1S/C15H18BrNO2/c1-8-7-11(16)10(3)13(15(8)18-4)14(17)12-6-5-9(2)19-12/h5-7,14H,17H2,1-4H3. The Morgan fingerprint density at radius 3 is 2.47 bits per heavy atom. The third kappa shape index (κ3) is 2.55. The Balaban J connectivity index is 2.60. The molecule has 1 aromatic carbocycles. The first-order chi connectivity index (χ1) is 8.95. The molecule has 0 saturated carbocycles. The third-order valence-corrected chi connectivity index (χ3v) is 4.11. The van der Waals surface area contributed by atoms with Crippen LogP contribution in [0.15, 0.2) is 27.1 Å². The first-order valence-corrected chi connectivity index (χ1v) is 6.90. The number of hydrogen-bond donors (Lipinski definition) is 1. The lowest BCUT2D eigenvalue weighted by Gasteiger charge is -2.20. The average molecular weight is 324 g/mol. The van der Waals surface area contributed by atoms with Gasteiger partial charge in [-0.15, -0.1) is 0 Å². The molecule has 0 aliphatic rings. The van der Waals surface area contributed by atoms with Gasteiger partial charge in [0.2, 0.25) is 0 Å². The second kappa shape index (κ2) is 5.39. The summed E-state index contributed by atoms with van der Waals surface area (Å²) in [5.41, 5.74) is 9.43. The molecule has 0 spiro atoms. The van der Waals surface area contributed by atoms with Crippen LogP contribution in [0.2, 0.25) is 0 Å². The van der Waals surface area contributed by atoms with Crippen LogP contribution in [-0.4, -0.2) is 7.11 Å². The Labute approximate surface area is 121 Å². The minimum atomic E-state index is -0.333. The summed E-state index contributed by atoms with van der Waals surface area (Å²) in [5, 5.41) is 0. The number of rotatable bonds is 3. The van der Waals surface area contributed by atoms with Crippen LogP contribution < -0.4 is 10.5 Å². The smallest absolute Gasteiger partial charge is 0.127 e. The minimum absolute atomic E-state index is 0.333. The molecule has 1 aromatic heterocycles. The van der Waals surface area contributed by atoms with Gasteiger partial charge in [-0.05, 0) is 50.1 Å². The summed E-state index contributed by atoms with van der Waals surface area (Å²) in [7, 11) is 1.67. The fourth-order valence-electron chi connectivity index (χ4n) is 2.28. The topological polar surface area (TPSA) is 48.4 Å². The van der Waals surface area contributed by atoms with E-state index in [9.17, 15) is 0 Å². The van der Waals surface area contributed by atoms with E-state index in [1.807, 2.05) is 39.0 Å². The maximum atomic E-state index is 6.35. The molecule has 4 heteroatoms. The summed E-state index contributed by atoms with van der Waals surface area (Å²) >= 11 is 3.56. The minimum Gasteiger partial charge on any atom is -0.496 e. The largest absolute Gasteiger partial charge is 0.496 e. The molecule has 0 amide bonds. The number of methoxy groups -OCH3 is 1. The fraction of sp³-hybridized carbons (Fsp3) is 0.333. The van der Waals surface area contributed by atoms with Crippen LogP contribution in [0.4, 0.5) is 0 Å². The van der Waals surface area contributed by atoms with Gasteiger partial charge in [-0.25, -0.2) is 0 Å². The highest BCUT2D eigenvalue weighted by molar-refractivity contribution is 9.10. The number of hydrogen-bond acceptors (Lipinski definition) is 3. The fourth-order valence-corrected chi connectivity index (χ4v) is 2.84. The quantitative estimate of drug-likeness (QED) is 0.927. The summed E-state index contributed by atoms with van der Waals surface area (Å²) in [6.45, 7) is 5.94. The van der Waals surface area contributed by atoms with Gasteiger partial charge in [0.15, 0.2) is 0 Å². The zero-order chi connectivity index (χ0) is 14.2. The van der Waals surface area contributed by atoms with Gasteiger partial charge in [-0.3, -0.25) is 0 Å². The second-order valence-corrected chi connectivity index (χ2v) is 5.53. The van der Waals surface area contributed by atoms with Crippen LogP contribution in [0.1, 0.15) is 34.3 Å². The molecular formula is C15H18BrNO2. The molecule has 1 heterocycles. The Morgan fingerprint density at radius 2 is 1.95 bits per heavy atom. The maximum absolute atomic E-state index is 6.35. The second-order valence-electron chi connectivity index (χ2n) is 4.67. The van der Waals surface area contributed by atoms with Crippen molar-refractivity contribution in [3.05, 3.63) is 50.9 Å². The molecule has 0 aliphatic heterocycles. The SMILES string of the molecule is COc1c(C)cc(Br)c(C)c1C(N)c1ccc(C)o1. The van der Waals surface area contributed by atoms with E-state index in [2.05, 4.69) is 15.9 Å². The average Bonchev–Trinajstić information content (AvgIpc) is 2.79. The molecular weight excluding hydrogens is 306 g/mol. The Hall–Kier alpha value is -1.26. The Bertz CT molecular complexity index is 604. The molecule has 2 rings (SSSR count). The van der Waals surface area contributed by atoms with Gasteiger partial charge in [-0.1, -0.05) is 15.9 Å². The van der Waals surface area contributed by atoms with E-state index in [0.29, 0.717) is 0 Å². The summed E-state index contributed by atoms with van der Waals surface area (Å²) < 4.78 is 12.2. The van der Waals surface area contributed by atoms with Gasteiger partial charge in [0.05, 0.1) is 13.2 Å². The lowest BCUT2D eigenvalue weighted by Crippen LogP contribution is -2.15. The van der Waals surface area contributed by atoms with Crippen molar-refractivity contribution >= 4 is 15.9 Å². The van der Waals surface area contributed by atoms with Gasteiger partial charge >= 0.3 is 0 Å². The summed E-state index contributed by atoms with van der Waals surface area (Å²) in [5.74, 6) is 2.42. The predicted octanol–water partition coefficient (Wildman–Crippen LogP) is 4.02. The van der Waals surface area contributed by atoms with Gasteiger partial charge in [-0.2, -0.15) is 0 Å². The van der Waals surface area contributed by atoms with E-state index < -0.39 is 0 Å². The molecule has 2 N–H and O–H groups in total. The molecule has 1 unspecified atom stereocenters. The van der Waals surface area contributed by atoms with Crippen LogP contribution in [0.3, 0.4) is 0 Å². The molecule has 0 radical (unpaired) electrons. The van der Waals surface area contributed by atoms with Gasteiger partial charge in [0, 0.05) is 10.0 Å². The third-order valence-electron chi connectivity index (χ3n) is 3.29. The summed E-state index contributed by atoms with van der Waals surface area (Å²) in [6.07, 6.45) is 0. The molecule has 102 valence electrons. The molecule has 19 heavy (non-hydrogen) atoms. The van der Waals surface area contributed by atoms with Gasteiger partial charge < -0.3 is 14.9 Å². The van der Waals surface area contributed by atoms with Crippen molar-refractivity contribution in [3.63, 3.8) is 0 Å². The molecule has 0 bridgehead atoms. The van der Waals surface area contributed by atoms with Crippen LogP contribution in [0, 0.1) is 20.8 Å². The van der Waals surface area contributed by atoms with E-state index in [4.69, 9.17) is 14.9 Å². The first kappa shape index (κ1) is 14.2. The van der Waals surface area contributed by atoms with Crippen molar-refractivity contribution in [2.75, 3.05) is 7.11 Å². The van der Waals surface area contributed by atoms with Crippen molar-refractivity contribution in [2.45, 2.75) is 26.8 Å². The van der Waals surface area contributed by atoms with Crippen molar-refractivity contribution in [1.29, 1.82) is 0 Å². The number of halogens is 1. The lowest BCUT2D eigenvalue weighted by molar-refractivity contribution is 0.397. The van der Waals surface area contributed by atoms with Crippen molar-refractivity contribution < 1.29 is 9.15 Å². The Kier molecular flexibility index (Phi) is 4.02. The zero-order valence-corrected chi connectivity index (χ0v) is 13.2. The molecule has 2 aromatic rings. The molecule has 3 nitrogen and oxygen atoms in total. The van der Waals surface area contributed by atoms with E-state index >= 15 is 0 Å². The number of furan rings is 1. The zero-order valence-electron chi connectivity index (χ0n) is 11.6. The lowest BCUT2D eigenvalue weighted by atomic mass is 9.96. The van der Waals surface area contributed by atoms with E-state index in [0.717, 1.165) is 38.4 Å². The predicted molar refractivity (Wildman–Crippen MR) is 79.6 cm³/mol. The highest BCUT2D eigenvalue weighted by atomic mass is 79.9. The first-order valence-electron chi connectivity index (χ1n) is 6.11. The van der Waals surface area contributed by atoms with Crippen LogP contribution in [0.25, 0.3) is 0 Å². The molecule has 0 fully saturated rings. The van der Waals surface area contributed by atoms with Crippen LogP contribution >= 0.6 is 15.9 Å². The normalized spacial score (nSPS) is 12.5. The number of benzene rings is 1. The highest BCUT2D eigenvalue weighted by Crippen LogP contribution is 2.38. The van der Waals surface area contributed by atoms with E-state index in [1.165, 1.54) is 0 Å². The van der Waals surface area contributed by atoms with Crippen molar-refractivity contribution in [1.82, 2.24) is 0 Å². The highest BCUT2D eigenvalue weighted by Gasteiger charge is 2.22. The van der Waals surface area contributed by atoms with Crippen molar-refractivity contribution in [2.24, 2.45) is 5.73 Å². The maximum Gasteiger partial charge on any atom is 0.127 e. The summed E-state index contributed by atoms with van der Waals surface area (Å²) in [4.78, 5) is 0. The van der Waals surface area contributed by atoms with Crippen LogP contribution in [-0.2, 0) is 0 Å². The van der Waals surface area contributed by atoms with Crippen LogP contribution in [0.5, 0.6) is 5.75 Å². The summed E-state index contributed by atoms with van der Waals surface area (Å²) in [6, 6.07) is 5.54. The van der Waals surface area contributed by atoms with Crippen molar-refractivity contribution in [3.8, 4) is 5.75 Å². The molecule has 1 atom stereocenters. The number of aryl methyl sites for hydroxylation is 2. The monoisotopic (exact) mass is 323 g/mol. The molecule has 0 saturated heterocycles. The van der Waals surface area contributed by atoms with E-state index in [-0.39, 0.29) is 6.04 Å². The van der Waals surface area contributed by atoms with E-state index in [1.54, 1.807) is 7.11 Å². The Morgan fingerprint density at radius 1 is 1.26 bits per heavy atom. The molecule has 0 aliphatic carbocycles.